The van der Waals surface area contributed by atoms with Crippen LogP contribution >= 0.6 is 0 Å². The molecule has 1 heterocycles. The summed E-state index contributed by atoms with van der Waals surface area (Å²) in [7, 11) is 0. The number of carbonyl (C=O) groups is 1. The van der Waals surface area contributed by atoms with E-state index < -0.39 is 0 Å². The van der Waals surface area contributed by atoms with Crippen molar-refractivity contribution < 1.29 is 4.79 Å². The average Bonchev–Trinajstić information content (AvgIpc) is 3.27. The van der Waals surface area contributed by atoms with Crippen molar-refractivity contribution in [2.75, 3.05) is 5.32 Å². The van der Waals surface area contributed by atoms with E-state index in [0.717, 1.165) is 24.4 Å². The summed E-state index contributed by atoms with van der Waals surface area (Å²) < 4.78 is 1.63. The third-order valence-electron chi connectivity index (χ3n) is 4.44. The van der Waals surface area contributed by atoms with Gasteiger partial charge in [-0.15, -0.1) is 0 Å². The van der Waals surface area contributed by atoms with E-state index in [1.165, 1.54) is 11.1 Å². The van der Waals surface area contributed by atoms with Crippen LogP contribution in [0.3, 0.4) is 0 Å². The Labute approximate surface area is 143 Å². The van der Waals surface area contributed by atoms with E-state index in [1.807, 2.05) is 0 Å². The van der Waals surface area contributed by atoms with E-state index >= 15 is 0 Å². The van der Waals surface area contributed by atoms with Crippen LogP contribution < -0.4 is 5.32 Å². The van der Waals surface area contributed by atoms with Crippen LogP contribution in [0.2, 0.25) is 0 Å². The molecule has 128 valence electrons. The van der Waals surface area contributed by atoms with Gasteiger partial charge < -0.3 is 5.32 Å². The number of para-hydroxylation sites is 1. The van der Waals surface area contributed by atoms with Gasteiger partial charge in [0.05, 0.1) is 0 Å². The van der Waals surface area contributed by atoms with E-state index in [9.17, 15) is 4.79 Å². The van der Waals surface area contributed by atoms with Crippen LogP contribution in [0, 0.1) is 0 Å². The molecule has 1 aromatic carbocycles. The first kappa shape index (κ1) is 16.7. The molecule has 1 fully saturated rings. The number of carbonyl (C=O) groups excluding carboxylic acids is 1. The molecule has 2 aromatic rings. The summed E-state index contributed by atoms with van der Waals surface area (Å²) >= 11 is 0. The zero-order valence-corrected chi connectivity index (χ0v) is 14.9. The number of aromatic nitrogens is 3. The van der Waals surface area contributed by atoms with Crippen LogP contribution in [-0.2, 0) is 11.3 Å². The molecule has 0 aliphatic heterocycles. The molecule has 1 aliphatic carbocycles. The fourth-order valence-corrected chi connectivity index (χ4v) is 2.94. The summed E-state index contributed by atoms with van der Waals surface area (Å²) in [5, 5.41) is 7.53. The molecule has 1 aliphatic rings. The number of amides is 1. The lowest BCUT2D eigenvalue weighted by Crippen LogP contribution is -2.21. The molecule has 24 heavy (non-hydrogen) atoms. The van der Waals surface area contributed by atoms with Crippen molar-refractivity contribution in [1.29, 1.82) is 0 Å². The molecule has 0 spiro atoms. The highest BCUT2D eigenvalue weighted by atomic mass is 16.2. The van der Waals surface area contributed by atoms with Crippen LogP contribution in [0.4, 0.5) is 5.69 Å². The van der Waals surface area contributed by atoms with Gasteiger partial charge in [-0.2, -0.15) is 5.10 Å². The maximum absolute atomic E-state index is 12.5. The molecule has 5 nitrogen and oxygen atoms in total. The van der Waals surface area contributed by atoms with E-state index in [4.69, 9.17) is 0 Å². The van der Waals surface area contributed by atoms with Crippen molar-refractivity contribution in [2.24, 2.45) is 0 Å². The number of nitrogens with one attached hydrogen (secondary N) is 1. The molecule has 1 saturated carbocycles. The summed E-state index contributed by atoms with van der Waals surface area (Å²) in [4.78, 5) is 16.8. The Morgan fingerprint density at radius 3 is 2.38 bits per heavy atom. The lowest BCUT2D eigenvalue weighted by Gasteiger charge is -2.20. The number of anilines is 1. The second kappa shape index (κ2) is 6.75. The van der Waals surface area contributed by atoms with Crippen molar-refractivity contribution in [3.8, 4) is 0 Å². The van der Waals surface area contributed by atoms with Gasteiger partial charge in [-0.05, 0) is 35.8 Å². The Bertz CT molecular complexity index is 702. The molecular formula is C19H26N4O. The van der Waals surface area contributed by atoms with Gasteiger partial charge in [0.2, 0.25) is 5.91 Å². The van der Waals surface area contributed by atoms with Gasteiger partial charge in [0.25, 0.3) is 0 Å². The second-order valence-corrected chi connectivity index (χ2v) is 7.24. The van der Waals surface area contributed by atoms with Crippen molar-refractivity contribution in [3.05, 3.63) is 41.5 Å². The fourth-order valence-electron chi connectivity index (χ4n) is 2.94. The summed E-state index contributed by atoms with van der Waals surface area (Å²) in [6.45, 7) is 8.79. The minimum atomic E-state index is -0.0581. The average molecular weight is 326 g/mol. The van der Waals surface area contributed by atoms with Crippen LogP contribution in [0.25, 0.3) is 0 Å². The fraction of sp³-hybridized carbons (Fsp3) is 0.526. The zero-order valence-electron chi connectivity index (χ0n) is 14.9. The Balaban J connectivity index is 1.77. The lowest BCUT2D eigenvalue weighted by molar-refractivity contribution is -0.116. The summed E-state index contributed by atoms with van der Waals surface area (Å²) in [5.74, 6) is 2.02. The van der Waals surface area contributed by atoms with Gasteiger partial charge in [-0.3, -0.25) is 4.79 Å². The molecule has 0 radical (unpaired) electrons. The van der Waals surface area contributed by atoms with Crippen LogP contribution in [-0.4, -0.2) is 20.7 Å². The molecule has 5 heteroatoms. The van der Waals surface area contributed by atoms with Crippen molar-refractivity contribution in [3.63, 3.8) is 0 Å². The minimum Gasteiger partial charge on any atom is -0.324 e. The van der Waals surface area contributed by atoms with Gasteiger partial charge >= 0.3 is 0 Å². The summed E-state index contributed by atoms with van der Waals surface area (Å²) in [6.07, 6.45) is 3.98. The molecule has 0 saturated heterocycles. The first-order valence-corrected chi connectivity index (χ1v) is 8.77. The quantitative estimate of drug-likeness (QED) is 0.871. The van der Waals surface area contributed by atoms with Gasteiger partial charge in [0.1, 0.15) is 12.9 Å². The van der Waals surface area contributed by atoms with E-state index in [2.05, 4.69) is 61.3 Å². The highest BCUT2D eigenvalue weighted by Gasteiger charge is 2.27. The Morgan fingerprint density at radius 2 is 1.83 bits per heavy atom. The van der Waals surface area contributed by atoms with Crippen LogP contribution in [0.15, 0.2) is 24.5 Å². The first-order chi connectivity index (χ1) is 11.5. The molecule has 0 unspecified atom stereocenters. The van der Waals surface area contributed by atoms with Crippen molar-refractivity contribution >= 4 is 11.6 Å². The molecular weight excluding hydrogens is 300 g/mol. The topological polar surface area (TPSA) is 59.8 Å². The highest BCUT2D eigenvalue weighted by molar-refractivity contribution is 5.92. The maximum atomic E-state index is 12.5. The van der Waals surface area contributed by atoms with E-state index in [0.29, 0.717) is 17.8 Å². The molecule has 1 amide bonds. The van der Waals surface area contributed by atoms with Crippen LogP contribution in [0.5, 0.6) is 0 Å². The number of benzene rings is 1. The predicted molar refractivity (Wildman–Crippen MR) is 95.2 cm³/mol. The van der Waals surface area contributed by atoms with Gasteiger partial charge in [0, 0.05) is 11.6 Å². The first-order valence-electron chi connectivity index (χ1n) is 8.77. The number of rotatable bonds is 6. The van der Waals surface area contributed by atoms with Crippen molar-refractivity contribution in [1.82, 2.24) is 14.8 Å². The molecule has 0 atom stereocenters. The van der Waals surface area contributed by atoms with Gasteiger partial charge in [0.15, 0.2) is 5.82 Å². The predicted octanol–water partition coefficient (Wildman–Crippen LogP) is 4.04. The molecule has 3 rings (SSSR count). The molecule has 1 aromatic heterocycles. The van der Waals surface area contributed by atoms with Crippen molar-refractivity contribution in [2.45, 2.75) is 64.8 Å². The smallest absolute Gasteiger partial charge is 0.246 e. The number of nitrogens with zero attached hydrogens (tertiary/aromatic N) is 3. The monoisotopic (exact) mass is 326 g/mol. The zero-order chi connectivity index (χ0) is 17.3. The minimum absolute atomic E-state index is 0.0581. The second-order valence-electron chi connectivity index (χ2n) is 7.24. The Kier molecular flexibility index (Phi) is 4.69. The normalized spacial score (nSPS) is 14.4. The van der Waals surface area contributed by atoms with Crippen LogP contribution in [0.1, 0.15) is 75.2 Å². The summed E-state index contributed by atoms with van der Waals surface area (Å²) in [5.41, 5.74) is 3.30. The third kappa shape index (κ3) is 3.66. The Morgan fingerprint density at radius 1 is 1.21 bits per heavy atom. The molecule has 1 N–H and O–H groups in total. The van der Waals surface area contributed by atoms with E-state index in [-0.39, 0.29) is 12.5 Å². The number of hydrogen-bond acceptors (Lipinski definition) is 3. The van der Waals surface area contributed by atoms with E-state index in [1.54, 1.807) is 11.0 Å². The third-order valence-corrected chi connectivity index (χ3v) is 4.44. The lowest BCUT2D eigenvalue weighted by atomic mass is 9.92. The van der Waals surface area contributed by atoms with Gasteiger partial charge in [-0.25, -0.2) is 9.67 Å². The maximum Gasteiger partial charge on any atom is 0.246 e. The molecule has 0 bridgehead atoms. The standard InChI is InChI=1S/C19H26N4O/c1-12(2)15-6-5-7-16(13(3)4)18(15)21-17(24)10-23-11-20-19(22-23)14-8-9-14/h5-7,11-14H,8-10H2,1-4H3,(H,21,24). The largest absolute Gasteiger partial charge is 0.324 e. The SMILES string of the molecule is CC(C)c1cccc(C(C)C)c1NC(=O)Cn1cnc(C2CC2)n1. The highest BCUT2D eigenvalue weighted by Crippen LogP contribution is 2.37. The Hall–Kier alpha value is -2.17. The number of hydrogen-bond donors (Lipinski definition) is 1. The summed E-state index contributed by atoms with van der Waals surface area (Å²) in [6, 6.07) is 6.25. The van der Waals surface area contributed by atoms with Gasteiger partial charge in [-0.1, -0.05) is 45.9 Å².